The van der Waals surface area contributed by atoms with Crippen molar-refractivity contribution in [2.75, 3.05) is 13.3 Å². The molecule has 1 fully saturated rings. The number of hydrogen-bond acceptors (Lipinski definition) is 4. The summed E-state index contributed by atoms with van der Waals surface area (Å²) in [7, 11) is 2.00. The minimum absolute atomic E-state index is 0.237. The zero-order chi connectivity index (χ0) is 12.0. The Bertz CT molecular complexity index is 326. The lowest BCUT2D eigenvalue weighted by atomic mass is 9.94. The van der Waals surface area contributed by atoms with Crippen LogP contribution in [0.3, 0.4) is 0 Å². The van der Waals surface area contributed by atoms with Gasteiger partial charge in [-0.25, -0.2) is 0 Å². The first-order chi connectivity index (χ1) is 7.74. The lowest BCUT2D eigenvalue weighted by Crippen LogP contribution is -2.32. The van der Waals surface area contributed by atoms with Crippen LogP contribution >= 0.6 is 11.8 Å². The fourth-order valence-electron chi connectivity index (χ4n) is 2.18. The lowest BCUT2D eigenvalue weighted by molar-refractivity contribution is 0.248. The van der Waals surface area contributed by atoms with Gasteiger partial charge in [0, 0.05) is 13.1 Å². The van der Waals surface area contributed by atoms with E-state index in [-0.39, 0.29) is 5.57 Å². The van der Waals surface area contributed by atoms with Crippen LogP contribution in [0.1, 0.15) is 32.1 Å². The number of thioether (sulfide) groups is 1. The molecule has 0 amide bonds. The van der Waals surface area contributed by atoms with Gasteiger partial charge in [0.2, 0.25) is 0 Å². The van der Waals surface area contributed by atoms with Gasteiger partial charge in [-0.1, -0.05) is 19.3 Å². The van der Waals surface area contributed by atoms with Crippen LogP contribution in [0.25, 0.3) is 0 Å². The van der Waals surface area contributed by atoms with Crippen LogP contribution in [0.2, 0.25) is 0 Å². The molecule has 0 aromatic heterocycles. The Morgan fingerprint density at radius 3 is 2.19 bits per heavy atom. The van der Waals surface area contributed by atoms with E-state index >= 15 is 0 Å². The monoisotopic (exact) mass is 235 g/mol. The fourth-order valence-corrected chi connectivity index (χ4v) is 2.91. The SMILES string of the molecule is CSC(=C(C#N)C#N)N(C)C1CCCCC1. The van der Waals surface area contributed by atoms with Gasteiger partial charge in [-0.05, 0) is 19.1 Å². The maximum absolute atomic E-state index is 8.90. The van der Waals surface area contributed by atoms with Crippen molar-refractivity contribution in [1.29, 1.82) is 10.5 Å². The van der Waals surface area contributed by atoms with Gasteiger partial charge in [-0.3, -0.25) is 0 Å². The Kier molecular flexibility index (Phi) is 5.22. The summed E-state index contributed by atoms with van der Waals surface area (Å²) in [5, 5.41) is 18.6. The first-order valence-corrected chi connectivity index (χ1v) is 6.78. The molecule has 0 N–H and O–H groups in total. The molecule has 0 unspecified atom stereocenters. The topological polar surface area (TPSA) is 50.8 Å². The molecule has 1 saturated carbocycles. The summed E-state index contributed by atoms with van der Waals surface area (Å²) in [6.07, 6.45) is 8.08. The van der Waals surface area contributed by atoms with Crippen molar-refractivity contribution in [3.8, 4) is 12.1 Å². The van der Waals surface area contributed by atoms with E-state index in [4.69, 9.17) is 10.5 Å². The van der Waals surface area contributed by atoms with Gasteiger partial charge in [0.1, 0.15) is 12.1 Å². The van der Waals surface area contributed by atoms with E-state index in [0.717, 1.165) is 5.03 Å². The summed E-state index contributed by atoms with van der Waals surface area (Å²) in [6, 6.07) is 4.45. The maximum Gasteiger partial charge on any atom is 0.159 e. The molecule has 0 saturated heterocycles. The predicted molar refractivity (Wildman–Crippen MR) is 66.4 cm³/mol. The molecular weight excluding hydrogens is 218 g/mol. The van der Waals surface area contributed by atoms with E-state index in [1.165, 1.54) is 43.9 Å². The van der Waals surface area contributed by atoms with Crippen LogP contribution < -0.4 is 0 Å². The molecule has 0 heterocycles. The number of rotatable bonds is 3. The standard InChI is InChI=1S/C12H17N3S/c1-15(11-6-4-3-5-7-11)12(16-2)10(8-13)9-14/h11H,3-7H2,1-2H3. The molecule has 4 heteroatoms. The third kappa shape index (κ3) is 2.93. The van der Waals surface area contributed by atoms with E-state index in [9.17, 15) is 0 Å². The molecule has 3 nitrogen and oxygen atoms in total. The zero-order valence-electron chi connectivity index (χ0n) is 9.86. The third-order valence-electron chi connectivity index (χ3n) is 3.07. The molecule has 0 aromatic carbocycles. The minimum Gasteiger partial charge on any atom is -0.365 e. The zero-order valence-corrected chi connectivity index (χ0v) is 10.7. The Balaban J connectivity index is 2.85. The van der Waals surface area contributed by atoms with Crippen LogP contribution in [-0.4, -0.2) is 24.2 Å². The van der Waals surface area contributed by atoms with Gasteiger partial charge < -0.3 is 4.90 Å². The van der Waals surface area contributed by atoms with E-state index in [0.29, 0.717) is 6.04 Å². The second-order valence-corrected chi connectivity index (χ2v) is 4.81. The van der Waals surface area contributed by atoms with E-state index in [1.54, 1.807) is 0 Å². The molecule has 86 valence electrons. The highest BCUT2D eigenvalue weighted by atomic mass is 32.2. The molecule has 0 aromatic rings. The molecule has 0 bridgehead atoms. The molecule has 0 atom stereocenters. The van der Waals surface area contributed by atoms with Gasteiger partial charge >= 0.3 is 0 Å². The molecule has 0 aliphatic heterocycles. The van der Waals surface area contributed by atoms with Gasteiger partial charge in [0.15, 0.2) is 5.57 Å². The van der Waals surface area contributed by atoms with E-state index in [1.807, 2.05) is 25.4 Å². The highest BCUT2D eigenvalue weighted by Crippen LogP contribution is 2.29. The molecule has 1 aliphatic rings. The quantitative estimate of drug-likeness (QED) is 0.706. The van der Waals surface area contributed by atoms with Gasteiger partial charge in [-0.2, -0.15) is 10.5 Å². The molecule has 16 heavy (non-hydrogen) atoms. The summed E-state index contributed by atoms with van der Waals surface area (Å²) >= 11 is 1.49. The van der Waals surface area contributed by atoms with Crippen molar-refractivity contribution in [3.05, 3.63) is 10.6 Å². The highest BCUT2D eigenvalue weighted by molar-refractivity contribution is 8.02. The van der Waals surface area contributed by atoms with Crippen LogP contribution in [0.15, 0.2) is 10.6 Å². The summed E-state index contributed by atoms with van der Waals surface area (Å²) in [6.45, 7) is 0. The number of allylic oxidation sites excluding steroid dienone is 1. The van der Waals surface area contributed by atoms with E-state index in [2.05, 4.69) is 4.90 Å². The smallest absolute Gasteiger partial charge is 0.159 e. The van der Waals surface area contributed by atoms with Crippen molar-refractivity contribution in [3.63, 3.8) is 0 Å². The van der Waals surface area contributed by atoms with Crippen LogP contribution in [0.4, 0.5) is 0 Å². The van der Waals surface area contributed by atoms with Crippen LogP contribution in [0.5, 0.6) is 0 Å². The normalized spacial score (nSPS) is 16.0. The fraction of sp³-hybridized carbons (Fsp3) is 0.667. The van der Waals surface area contributed by atoms with E-state index < -0.39 is 0 Å². The largest absolute Gasteiger partial charge is 0.365 e. The highest BCUT2D eigenvalue weighted by Gasteiger charge is 2.21. The molecular formula is C12H17N3S. The summed E-state index contributed by atoms with van der Waals surface area (Å²) in [5.41, 5.74) is 0.237. The second kappa shape index (κ2) is 6.45. The Morgan fingerprint density at radius 2 is 1.75 bits per heavy atom. The Hall–Kier alpha value is -1.13. The van der Waals surface area contributed by atoms with Crippen molar-refractivity contribution < 1.29 is 0 Å². The first-order valence-electron chi connectivity index (χ1n) is 5.56. The molecule has 0 radical (unpaired) electrons. The third-order valence-corrected chi connectivity index (χ3v) is 3.95. The van der Waals surface area contributed by atoms with Crippen molar-refractivity contribution in [1.82, 2.24) is 4.90 Å². The Labute approximate surface area is 102 Å². The second-order valence-electron chi connectivity index (χ2n) is 4.01. The molecule has 1 rings (SSSR count). The van der Waals surface area contributed by atoms with Crippen molar-refractivity contribution in [2.45, 2.75) is 38.1 Å². The van der Waals surface area contributed by atoms with Gasteiger partial charge in [0.25, 0.3) is 0 Å². The maximum atomic E-state index is 8.90. The predicted octanol–water partition coefficient (Wildman–Crippen LogP) is 2.87. The summed E-state index contributed by atoms with van der Waals surface area (Å²) in [5.74, 6) is 0. The number of nitrogens with zero attached hydrogens (tertiary/aromatic N) is 3. The van der Waals surface area contributed by atoms with Gasteiger partial charge in [-0.15, -0.1) is 11.8 Å². The molecule has 0 spiro atoms. The summed E-state index contributed by atoms with van der Waals surface area (Å²) in [4.78, 5) is 2.12. The van der Waals surface area contributed by atoms with Crippen LogP contribution in [0, 0.1) is 22.7 Å². The Morgan fingerprint density at radius 1 is 1.19 bits per heavy atom. The van der Waals surface area contributed by atoms with Gasteiger partial charge in [0.05, 0.1) is 5.03 Å². The molecule has 1 aliphatic carbocycles. The lowest BCUT2D eigenvalue weighted by Gasteiger charge is -2.33. The minimum atomic E-state index is 0.237. The average molecular weight is 235 g/mol. The average Bonchev–Trinajstić information content (AvgIpc) is 2.36. The van der Waals surface area contributed by atoms with Crippen molar-refractivity contribution >= 4 is 11.8 Å². The number of hydrogen-bond donors (Lipinski definition) is 0. The van der Waals surface area contributed by atoms with Crippen molar-refractivity contribution in [2.24, 2.45) is 0 Å². The summed E-state index contributed by atoms with van der Waals surface area (Å²) < 4.78 is 0. The van der Waals surface area contributed by atoms with Crippen LogP contribution in [-0.2, 0) is 0 Å². The first kappa shape index (κ1) is 12.9. The number of nitriles is 2.